The van der Waals surface area contributed by atoms with E-state index in [2.05, 4.69) is 57.6 Å². The van der Waals surface area contributed by atoms with Gasteiger partial charge in [-0.1, -0.05) is 69.4 Å². The summed E-state index contributed by atoms with van der Waals surface area (Å²) in [6.07, 6.45) is 14.7. The summed E-state index contributed by atoms with van der Waals surface area (Å²) >= 11 is 0. The van der Waals surface area contributed by atoms with Crippen LogP contribution in [0.25, 0.3) is 0 Å². The molecule has 3 rings (SSSR count). The molecule has 1 aromatic carbocycles. The first kappa shape index (κ1) is 20.2. The predicted octanol–water partition coefficient (Wildman–Crippen LogP) is 5.94. The van der Waals surface area contributed by atoms with Crippen LogP contribution in [0.5, 0.6) is 0 Å². The molecule has 3 heteroatoms. The molecule has 2 radical (unpaired) electrons. The van der Waals surface area contributed by atoms with Crippen molar-refractivity contribution in [1.29, 1.82) is 0 Å². The zero-order valence-electron chi connectivity index (χ0n) is 17.4. The number of aliphatic imine (C=N–C) groups is 3. The molecule has 2 atom stereocenters. The molecule has 2 unspecified atom stereocenters. The van der Waals surface area contributed by atoms with Gasteiger partial charge in [0.25, 0.3) is 0 Å². The highest BCUT2D eigenvalue weighted by Crippen LogP contribution is 2.32. The zero-order valence-corrected chi connectivity index (χ0v) is 17.4. The van der Waals surface area contributed by atoms with E-state index in [9.17, 15) is 0 Å². The fourth-order valence-corrected chi connectivity index (χ4v) is 3.32. The van der Waals surface area contributed by atoms with E-state index in [1.54, 1.807) is 0 Å². The van der Waals surface area contributed by atoms with Crippen molar-refractivity contribution < 1.29 is 0 Å². The Balaban J connectivity index is 1.82. The zero-order chi connectivity index (χ0) is 20.1. The Morgan fingerprint density at radius 3 is 2.46 bits per heavy atom. The molecule has 144 valence electrons. The molecule has 3 nitrogen and oxygen atoms in total. The fourth-order valence-electron chi connectivity index (χ4n) is 3.32. The van der Waals surface area contributed by atoms with Crippen molar-refractivity contribution in [1.82, 2.24) is 0 Å². The van der Waals surface area contributed by atoms with Gasteiger partial charge in [0.15, 0.2) is 0 Å². The van der Waals surface area contributed by atoms with E-state index in [1.807, 2.05) is 50.6 Å². The van der Waals surface area contributed by atoms with E-state index < -0.39 is 0 Å². The van der Waals surface area contributed by atoms with Gasteiger partial charge in [-0.25, -0.2) is 0 Å². The quantitative estimate of drug-likeness (QED) is 0.588. The Morgan fingerprint density at radius 2 is 1.75 bits per heavy atom. The molecule has 0 saturated carbocycles. The lowest BCUT2D eigenvalue weighted by Crippen LogP contribution is -2.26. The number of dihydropyridines is 1. The van der Waals surface area contributed by atoms with Crippen LogP contribution in [-0.2, 0) is 0 Å². The van der Waals surface area contributed by atoms with Gasteiger partial charge in [-0.15, -0.1) is 0 Å². The molecule has 1 aromatic rings. The molecule has 0 bridgehead atoms. The predicted molar refractivity (Wildman–Crippen MR) is 122 cm³/mol. The highest BCUT2D eigenvalue weighted by molar-refractivity contribution is 6.45. The molecule has 0 fully saturated rings. The first-order valence-corrected chi connectivity index (χ1v) is 9.81. The summed E-state index contributed by atoms with van der Waals surface area (Å²) < 4.78 is 0. The van der Waals surface area contributed by atoms with Gasteiger partial charge in [0.2, 0.25) is 0 Å². The van der Waals surface area contributed by atoms with Gasteiger partial charge in [0.05, 0.1) is 23.2 Å². The molecular weight excluding hydrogens is 342 g/mol. The average Bonchev–Trinajstić information content (AvgIpc) is 2.68. The first-order valence-electron chi connectivity index (χ1n) is 9.81. The van der Waals surface area contributed by atoms with Crippen LogP contribution in [-0.4, -0.2) is 29.2 Å². The third-order valence-electron chi connectivity index (χ3n) is 4.88. The van der Waals surface area contributed by atoms with Gasteiger partial charge in [0.1, 0.15) is 6.04 Å². The van der Waals surface area contributed by atoms with Crippen molar-refractivity contribution in [2.24, 2.45) is 20.4 Å². The molecule has 0 aromatic heterocycles. The summed E-state index contributed by atoms with van der Waals surface area (Å²) in [5.74, 6) is 0. The highest BCUT2D eigenvalue weighted by atomic mass is 14.9. The summed E-state index contributed by atoms with van der Waals surface area (Å²) in [7, 11) is 0. The number of rotatable bonds is 4. The lowest BCUT2D eigenvalue weighted by molar-refractivity contribution is 0.477. The second-order valence-corrected chi connectivity index (χ2v) is 8.21. The molecule has 1 aliphatic heterocycles. The van der Waals surface area contributed by atoms with Crippen LogP contribution in [0.4, 0.5) is 5.69 Å². The van der Waals surface area contributed by atoms with E-state index in [4.69, 9.17) is 15.0 Å². The number of benzene rings is 1. The van der Waals surface area contributed by atoms with Crippen LogP contribution in [0.1, 0.15) is 34.6 Å². The summed E-state index contributed by atoms with van der Waals surface area (Å²) in [4.78, 5) is 14.6. The number of para-hydroxylation sites is 1. The lowest BCUT2D eigenvalue weighted by Gasteiger charge is -2.29. The van der Waals surface area contributed by atoms with E-state index in [0.717, 1.165) is 22.8 Å². The van der Waals surface area contributed by atoms with Gasteiger partial charge < -0.3 is 0 Å². The molecular formula is C25H29N3. The van der Waals surface area contributed by atoms with E-state index in [-0.39, 0.29) is 17.5 Å². The van der Waals surface area contributed by atoms with Crippen LogP contribution >= 0.6 is 0 Å². The second kappa shape index (κ2) is 8.64. The van der Waals surface area contributed by atoms with Gasteiger partial charge in [-0.3, -0.25) is 15.0 Å². The molecule has 28 heavy (non-hydrogen) atoms. The minimum Gasteiger partial charge on any atom is -0.276 e. The maximum Gasteiger partial charge on any atom is 0.106 e. The smallest absolute Gasteiger partial charge is 0.106 e. The average molecular weight is 372 g/mol. The molecule has 1 heterocycles. The second-order valence-electron chi connectivity index (χ2n) is 8.21. The number of hydrogen-bond donors (Lipinski definition) is 0. The maximum absolute atomic E-state index is 4.99. The fraction of sp³-hybridized carbons (Fsp3) is 0.320. The SMILES string of the molecule is CC(=NC1C=C[CH]C=C1C(C)(C)C)C1=NC(C(C)=Nc2ccccc2)C=C[CH]1. The van der Waals surface area contributed by atoms with Crippen molar-refractivity contribution in [3.63, 3.8) is 0 Å². The normalized spacial score (nSPS) is 23.5. The molecule has 0 N–H and O–H groups in total. The maximum atomic E-state index is 4.99. The van der Waals surface area contributed by atoms with E-state index in [0.29, 0.717) is 0 Å². The van der Waals surface area contributed by atoms with Crippen molar-refractivity contribution in [3.05, 3.63) is 79.1 Å². The van der Waals surface area contributed by atoms with Gasteiger partial charge in [-0.2, -0.15) is 0 Å². The Kier molecular flexibility index (Phi) is 6.23. The van der Waals surface area contributed by atoms with Gasteiger partial charge in [-0.05, 0) is 37.0 Å². The Hall–Kier alpha value is -2.55. The van der Waals surface area contributed by atoms with Crippen molar-refractivity contribution in [2.75, 3.05) is 0 Å². The van der Waals surface area contributed by atoms with Gasteiger partial charge in [0, 0.05) is 18.6 Å². The minimum atomic E-state index is -0.0572. The Morgan fingerprint density at radius 1 is 1.00 bits per heavy atom. The standard InChI is InChI=1S/C25H29N3/c1-18(26-20-12-7-6-8-13-20)22-16-11-17-23(28-22)19(2)27-24-15-10-9-14-21(24)25(3,4)5/h6-17,22,24H,1-5H3. The Labute approximate surface area is 169 Å². The summed E-state index contributed by atoms with van der Waals surface area (Å²) in [6, 6.07) is 10.0. The topological polar surface area (TPSA) is 37.1 Å². The molecule has 2 aliphatic rings. The summed E-state index contributed by atoms with van der Waals surface area (Å²) in [5.41, 5.74) is 5.20. The molecule has 0 spiro atoms. The van der Waals surface area contributed by atoms with Crippen molar-refractivity contribution in [2.45, 2.75) is 46.7 Å². The first-order chi connectivity index (χ1) is 13.3. The van der Waals surface area contributed by atoms with Crippen LogP contribution in [0.3, 0.4) is 0 Å². The summed E-state index contributed by atoms with van der Waals surface area (Å²) in [5, 5.41) is 0. The number of allylic oxidation sites excluding steroid dienone is 3. The minimum absolute atomic E-state index is 0.0572. The summed E-state index contributed by atoms with van der Waals surface area (Å²) in [6.45, 7) is 10.8. The third kappa shape index (κ3) is 5.03. The Bertz CT molecular complexity index is 874. The molecule has 0 amide bonds. The van der Waals surface area contributed by atoms with Crippen LogP contribution in [0, 0.1) is 18.3 Å². The largest absolute Gasteiger partial charge is 0.276 e. The van der Waals surface area contributed by atoms with Crippen LogP contribution in [0.2, 0.25) is 0 Å². The third-order valence-corrected chi connectivity index (χ3v) is 4.88. The monoisotopic (exact) mass is 371 g/mol. The molecule has 1 aliphatic carbocycles. The lowest BCUT2D eigenvalue weighted by atomic mass is 9.79. The van der Waals surface area contributed by atoms with Gasteiger partial charge >= 0.3 is 0 Å². The van der Waals surface area contributed by atoms with E-state index in [1.165, 1.54) is 5.57 Å². The molecule has 0 saturated heterocycles. The van der Waals surface area contributed by atoms with Crippen LogP contribution in [0.15, 0.2) is 81.3 Å². The number of hydrogen-bond acceptors (Lipinski definition) is 3. The van der Waals surface area contributed by atoms with Crippen molar-refractivity contribution in [3.8, 4) is 0 Å². The highest BCUT2D eigenvalue weighted by Gasteiger charge is 2.25. The van der Waals surface area contributed by atoms with Crippen LogP contribution < -0.4 is 0 Å². The van der Waals surface area contributed by atoms with Crippen molar-refractivity contribution >= 4 is 22.8 Å². The number of nitrogens with zero attached hydrogens (tertiary/aromatic N) is 3. The van der Waals surface area contributed by atoms with E-state index >= 15 is 0 Å².